The number of carbonyl (C=O) groups is 1. The van der Waals surface area contributed by atoms with Crippen molar-refractivity contribution in [2.45, 2.75) is 39.8 Å². The van der Waals surface area contributed by atoms with Crippen molar-refractivity contribution >= 4 is 31.3 Å². The highest BCUT2D eigenvalue weighted by molar-refractivity contribution is 7.91. The van der Waals surface area contributed by atoms with Crippen molar-refractivity contribution in [3.05, 3.63) is 48.0 Å². The van der Waals surface area contributed by atoms with E-state index in [2.05, 4.69) is 0 Å². The molecule has 2 aromatic rings. The van der Waals surface area contributed by atoms with Crippen LogP contribution >= 0.6 is 0 Å². The maximum absolute atomic E-state index is 13.0. The summed E-state index contributed by atoms with van der Waals surface area (Å²) in [4.78, 5) is 12.7. The zero-order valence-electron chi connectivity index (χ0n) is 16.3. The van der Waals surface area contributed by atoms with Crippen LogP contribution in [0.25, 0.3) is 0 Å². The van der Waals surface area contributed by atoms with Crippen LogP contribution in [0.3, 0.4) is 0 Å². The van der Waals surface area contributed by atoms with Crippen molar-refractivity contribution in [2.75, 3.05) is 17.7 Å². The van der Waals surface area contributed by atoms with Crippen LogP contribution in [0.5, 0.6) is 0 Å². The summed E-state index contributed by atoms with van der Waals surface area (Å²) in [7, 11) is -7.55. The Kier molecular flexibility index (Phi) is 5.48. The van der Waals surface area contributed by atoms with E-state index >= 15 is 0 Å². The minimum absolute atomic E-state index is 0.0497. The molecule has 0 aliphatic carbocycles. The SMILES string of the molecule is C[C@@](O)(C(=O)N1CCc2cc(S(=O)(=O)c3ccc(S(C)(=O)=O)cc3)ccc21)C(F)(F)F. The van der Waals surface area contributed by atoms with E-state index < -0.39 is 37.4 Å². The van der Waals surface area contributed by atoms with Gasteiger partial charge in [-0.3, -0.25) is 4.79 Å². The average molecular weight is 477 g/mol. The van der Waals surface area contributed by atoms with Gasteiger partial charge in [0.15, 0.2) is 9.84 Å². The van der Waals surface area contributed by atoms with E-state index in [-0.39, 0.29) is 33.3 Å². The molecule has 0 unspecified atom stereocenters. The van der Waals surface area contributed by atoms with Crippen molar-refractivity contribution in [1.29, 1.82) is 0 Å². The molecule has 1 atom stereocenters. The third-order valence-electron chi connectivity index (χ3n) is 5.03. The lowest BCUT2D eigenvalue weighted by Gasteiger charge is -2.30. The minimum Gasteiger partial charge on any atom is -0.373 e. The van der Waals surface area contributed by atoms with Gasteiger partial charge in [0.1, 0.15) is 0 Å². The highest BCUT2D eigenvalue weighted by Gasteiger charge is 2.57. The predicted molar refractivity (Wildman–Crippen MR) is 104 cm³/mol. The number of nitrogens with zero attached hydrogens (tertiary/aromatic N) is 1. The number of hydrogen-bond donors (Lipinski definition) is 1. The molecule has 1 N–H and O–H groups in total. The predicted octanol–water partition coefficient (Wildman–Crippen LogP) is 2.13. The fourth-order valence-electron chi connectivity index (χ4n) is 3.14. The van der Waals surface area contributed by atoms with E-state index in [4.69, 9.17) is 0 Å². The summed E-state index contributed by atoms with van der Waals surface area (Å²) in [5.74, 6) is -1.55. The molecule has 1 heterocycles. The summed E-state index contributed by atoms with van der Waals surface area (Å²) in [5, 5.41) is 9.66. The molecule has 0 saturated carbocycles. The lowest BCUT2D eigenvalue weighted by molar-refractivity contribution is -0.243. The normalized spacial score (nSPS) is 16.6. The molecule has 1 amide bonds. The number of carbonyl (C=O) groups excluding carboxylic acids is 1. The highest BCUT2D eigenvalue weighted by atomic mass is 32.2. The Balaban J connectivity index is 1.95. The minimum atomic E-state index is -5.17. The van der Waals surface area contributed by atoms with Crippen molar-refractivity contribution in [1.82, 2.24) is 0 Å². The molecule has 0 aromatic heterocycles. The van der Waals surface area contributed by atoms with Crippen LogP contribution < -0.4 is 4.90 Å². The summed E-state index contributed by atoms with van der Waals surface area (Å²) in [6, 6.07) is 8.23. The Bertz CT molecular complexity index is 1250. The first kappa shape index (κ1) is 23.2. The van der Waals surface area contributed by atoms with Gasteiger partial charge in [-0.1, -0.05) is 0 Å². The van der Waals surface area contributed by atoms with E-state index in [1.807, 2.05) is 0 Å². The smallest absolute Gasteiger partial charge is 0.373 e. The lowest BCUT2D eigenvalue weighted by Crippen LogP contribution is -2.56. The molecule has 2 aromatic carbocycles. The molecule has 31 heavy (non-hydrogen) atoms. The Labute approximate surface area is 177 Å². The average Bonchev–Trinajstić information content (AvgIpc) is 3.09. The van der Waals surface area contributed by atoms with Gasteiger partial charge in [-0.05, 0) is 61.4 Å². The number of rotatable bonds is 4. The Hall–Kier alpha value is -2.44. The Morgan fingerprint density at radius 1 is 0.968 bits per heavy atom. The van der Waals surface area contributed by atoms with Crippen LogP contribution in [0.15, 0.2) is 57.2 Å². The zero-order valence-corrected chi connectivity index (χ0v) is 18.0. The van der Waals surface area contributed by atoms with Crippen LogP contribution in [0, 0.1) is 0 Å². The Morgan fingerprint density at radius 3 is 2.00 bits per heavy atom. The first-order chi connectivity index (χ1) is 14.1. The largest absolute Gasteiger partial charge is 0.426 e. The van der Waals surface area contributed by atoms with E-state index in [9.17, 15) is 39.9 Å². The zero-order chi connectivity index (χ0) is 23.4. The van der Waals surface area contributed by atoms with Crippen molar-refractivity contribution < 1.29 is 39.9 Å². The number of halogens is 3. The van der Waals surface area contributed by atoms with Crippen LogP contribution in [-0.4, -0.2) is 52.4 Å². The number of sulfone groups is 2. The first-order valence-corrected chi connectivity index (χ1v) is 12.2. The van der Waals surface area contributed by atoms with Gasteiger partial charge in [0, 0.05) is 18.5 Å². The molecule has 168 valence electrons. The van der Waals surface area contributed by atoms with E-state index in [0.717, 1.165) is 41.5 Å². The fraction of sp³-hybridized carbons (Fsp3) is 0.316. The Morgan fingerprint density at radius 2 is 1.48 bits per heavy atom. The maximum atomic E-state index is 13.0. The molecule has 3 rings (SSSR count). The molecule has 12 heteroatoms. The lowest BCUT2D eigenvalue weighted by atomic mass is 10.0. The van der Waals surface area contributed by atoms with Gasteiger partial charge >= 0.3 is 6.18 Å². The van der Waals surface area contributed by atoms with Gasteiger partial charge in [-0.2, -0.15) is 13.2 Å². The summed E-state index contributed by atoms with van der Waals surface area (Å²) in [5.41, 5.74) is -3.16. The summed E-state index contributed by atoms with van der Waals surface area (Å²) in [6.45, 7) is 0.221. The molecular weight excluding hydrogens is 459 g/mol. The molecule has 7 nitrogen and oxygen atoms in total. The topological polar surface area (TPSA) is 109 Å². The van der Waals surface area contributed by atoms with E-state index in [0.29, 0.717) is 12.5 Å². The van der Waals surface area contributed by atoms with Gasteiger partial charge in [-0.25, -0.2) is 16.8 Å². The van der Waals surface area contributed by atoms with Gasteiger partial charge in [0.05, 0.1) is 14.7 Å². The van der Waals surface area contributed by atoms with Gasteiger partial charge in [0.2, 0.25) is 15.4 Å². The second kappa shape index (κ2) is 7.31. The summed E-state index contributed by atoms with van der Waals surface area (Å²) in [6.07, 6.45) is -4.08. The second-order valence-electron chi connectivity index (χ2n) is 7.31. The maximum Gasteiger partial charge on any atom is 0.426 e. The first-order valence-electron chi connectivity index (χ1n) is 8.86. The van der Waals surface area contributed by atoms with E-state index in [1.165, 1.54) is 12.1 Å². The van der Waals surface area contributed by atoms with Crippen LogP contribution in [-0.2, 0) is 30.9 Å². The van der Waals surface area contributed by atoms with Crippen molar-refractivity contribution in [3.63, 3.8) is 0 Å². The third-order valence-corrected chi connectivity index (χ3v) is 7.93. The molecule has 0 spiro atoms. The van der Waals surface area contributed by atoms with E-state index in [1.54, 1.807) is 0 Å². The number of alkyl halides is 3. The molecule has 0 bridgehead atoms. The standard InChI is InChI=1S/C19H18F3NO6S2/c1-18(25,19(20,21)22)17(24)23-10-9-12-11-15(7-8-16(12)23)31(28,29)14-5-3-13(4-6-14)30(2,26)27/h3-8,11,25H,9-10H2,1-2H3/t18-/m1/s1. The molecule has 0 saturated heterocycles. The number of anilines is 1. The van der Waals surface area contributed by atoms with Crippen molar-refractivity contribution in [3.8, 4) is 0 Å². The van der Waals surface area contributed by atoms with Gasteiger partial charge in [0.25, 0.3) is 5.91 Å². The monoisotopic (exact) mass is 477 g/mol. The number of benzene rings is 2. The second-order valence-corrected chi connectivity index (χ2v) is 11.3. The highest BCUT2D eigenvalue weighted by Crippen LogP contribution is 2.37. The number of hydrogen-bond acceptors (Lipinski definition) is 6. The molecule has 1 aliphatic rings. The number of fused-ring (bicyclic) bond motifs is 1. The molecule has 0 radical (unpaired) electrons. The van der Waals surface area contributed by atoms with Crippen LogP contribution in [0.1, 0.15) is 12.5 Å². The molecule has 1 aliphatic heterocycles. The number of amides is 1. The summed E-state index contributed by atoms with van der Waals surface area (Å²) >= 11 is 0. The number of aliphatic hydroxyl groups is 1. The van der Waals surface area contributed by atoms with Crippen LogP contribution in [0.4, 0.5) is 18.9 Å². The fourth-order valence-corrected chi connectivity index (χ4v) is 5.08. The molecular formula is C19H18F3NO6S2. The van der Waals surface area contributed by atoms with Crippen LogP contribution in [0.2, 0.25) is 0 Å². The third kappa shape index (κ3) is 4.06. The van der Waals surface area contributed by atoms with Gasteiger partial charge in [-0.15, -0.1) is 0 Å². The summed E-state index contributed by atoms with van der Waals surface area (Å²) < 4.78 is 87.9. The molecule has 0 fully saturated rings. The quantitative estimate of drug-likeness (QED) is 0.723. The van der Waals surface area contributed by atoms with Gasteiger partial charge < -0.3 is 10.0 Å². The van der Waals surface area contributed by atoms with Crippen molar-refractivity contribution in [2.24, 2.45) is 0 Å².